The Morgan fingerprint density at radius 2 is 2.07 bits per heavy atom. The summed E-state index contributed by atoms with van der Waals surface area (Å²) in [5.41, 5.74) is 0.939. The third-order valence-electron chi connectivity index (χ3n) is 4.59. The van der Waals surface area contributed by atoms with Crippen LogP contribution in [0.3, 0.4) is 0 Å². The van der Waals surface area contributed by atoms with Crippen LogP contribution in [0.4, 0.5) is 5.13 Å². The van der Waals surface area contributed by atoms with Crippen molar-refractivity contribution >= 4 is 84.0 Å². The topological polar surface area (TPSA) is 45.7 Å². The van der Waals surface area contributed by atoms with Gasteiger partial charge in [-0.1, -0.05) is 11.3 Å². The highest BCUT2D eigenvalue weighted by atomic mass is 79.9. The molecule has 0 saturated carbocycles. The van der Waals surface area contributed by atoms with Crippen LogP contribution in [0.5, 0.6) is 0 Å². The summed E-state index contributed by atoms with van der Waals surface area (Å²) in [5, 5.41) is 0.760. The van der Waals surface area contributed by atoms with E-state index in [1.165, 1.54) is 16.2 Å². The molecule has 0 spiro atoms. The van der Waals surface area contributed by atoms with E-state index in [1.807, 2.05) is 23.1 Å². The van der Waals surface area contributed by atoms with Gasteiger partial charge in [0.25, 0.3) is 5.91 Å². The molecule has 1 saturated heterocycles. The minimum absolute atomic E-state index is 0. The number of halogens is 2. The lowest BCUT2D eigenvalue weighted by Crippen LogP contribution is -2.43. The molecule has 156 valence electrons. The summed E-state index contributed by atoms with van der Waals surface area (Å²) in [6.45, 7) is 4.75. The lowest BCUT2D eigenvalue weighted by molar-refractivity contribution is 0.0391. The van der Waals surface area contributed by atoms with Gasteiger partial charge >= 0.3 is 0 Å². The molecule has 5 nitrogen and oxygen atoms in total. The van der Waals surface area contributed by atoms with Gasteiger partial charge in [0.2, 0.25) is 0 Å². The first-order valence-electron chi connectivity index (χ1n) is 8.96. The lowest BCUT2D eigenvalue weighted by atomic mass is 10.3. The molecule has 0 bridgehead atoms. The first-order valence-corrected chi connectivity index (χ1v) is 12.6. The molecule has 1 aliphatic rings. The van der Waals surface area contributed by atoms with Crippen LogP contribution in [0.25, 0.3) is 10.2 Å². The summed E-state index contributed by atoms with van der Waals surface area (Å²) in [6.07, 6.45) is 2.07. The van der Waals surface area contributed by atoms with Crippen LogP contribution < -0.4 is 4.90 Å². The summed E-state index contributed by atoms with van der Waals surface area (Å²) < 4.78 is 7.50. The molecular formula is C19H21BrClN3O2S3. The molecule has 0 N–H and O–H groups in total. The SMILES string of the molecule is CSc1ccc2nc(N(CCN3CCOCC3)C(=O)c3ccc(Br)s3)sc2c1.Cl. The van der Waals surface area contributed by atoms with E-state index in [0.717, 1.165) is 56.9 Å². The molecule has 0 aliphatic carbocycles. The maximum absolute atomic E-state index is 13.3. The van der Waals surface area contributed by atoms with Crippen LogP contribution in [0.15, 0.2) is 39.0 Å². The molecule has 2 aromatic heterocycles. The number of hydrogen-bond donors (Lipinski definition) is 0. The Kier molecular flexibility index (Phi) is 8.38. The number of aromatic nitrogens is 1. The van der Waals surface area contributed by atoms with Crippen LogP contribution in [0.1, 0.15) is 9.67 Å². The van der Waals surface area contributed by atoms with Crippen LogP contribution in [-0.4, -0.2) is 61.4 Å². The van der Waals surface area contributed by atoms with Crippen molar-refractivity contribution in [3.63, 3.8) is 0 Å². The zero-order valence-corrected chi connectivity index (χ0v) is 20.7. The van der Waals surface area contributed by atoms with Crippen LogP contribution >= 0.6 is 62.8 Å². The van der Waals surface area contributed by atoms with Crippen molar-refractivity contribution in [1.82, 2.24) is 9.88 Å². The number of morpholine rings is 1. The molecule has 0 radical (unpaired) electrons. The van der Waals surface area contributed by atoms with E-state index in [0.29, 0.717) is 6.54 Å². The second-order valence-corrected chi connectivity index (χ2v) is 10.7. The molecule has 1 amide bonds. The molecule has 3 heterocycles. The van der Waals surface area contributed by atoms with Crippen LogP contribution in [-0.2, 0) is 4.74 Å². The fourth-order valence-electron chi connectivity index (χ4n) is 3.05. The number of ether oxygens (including phenoxy) is 1. The van der Waals surface area contributed by atoms with E-state index in [-0.39, 0.29) is 18.3 Å². The van der Waals surface area contributed by atoms with E-state index in [1.54, 1.807) is 23.1 Å². The zero-order chi connectivity index (χ0) is 19.5. The van der Waals surface area contributed by atoms with Gasteiger partial charge in [0.05, 0.1) is 32.1 Å². The predicted molar refractivity (Wildman–Crippen MR) is 130 cm³/mol. The normalized spacial score (nSPS) is 14.7. The monoisotopic (exact) mass is 533 g/mol. The Balaban J connectivity index is 0.00000240. The molecule has 10 heteroatoms. The van der Waals surface area contributed by atoms with Crippen molar-refractivity contribution in [2.24, 2.45) is 0 Å². The Hall–Kier alpha value is -0.680. The third-order valence-corrected chi connectivity index (χ3v) is 7.97. The number of fused-ring (bicyclic) bond motifs is 1. The highest BCUT2D eigenvalue weighted by Gasteiger charge is 2.24. The number of anilines is 1. The van der Waals surface area contributed by atoms with E-state index in [9.17, 15) is 4.79 Å². The molecule has 3 aromatic rings. The van der Waals surface area contributed by atoms with Crippen LogP contribution in [0, 0.1) is 0 Å². The minimum Gasteiger partial charge on any atom is -0.379 e. The van der Waals surface area contributed by atoms with Gasteiger partial charge in [-0.25, -0.2) is 4.98 Å². The summed E-state index contributed by atoms with van der Waals surface area (Å²) in [6, 6.07) is 10.0. The quantitative estimate of drug-likeness (QED) is 0.405. The first kappa shape index (κ1) is 23.0. The average Bonchev–Trinajstić information content (AvgIpc) is 3.34. The smallest absolute Gasteiger partial charge is 0.270 e. The second kappa shape index (κ2) is 10.6. The first-order chi connectivity index (χ1) is 13.6. The standard InChI is InChI=1S/C19H20BrN3O2S3.ClH/c1-26-13-2-3-14-16(12-13)28-19(21-14)23(7-6-22-8-10-25-11-9-22)18(24)15-4-5-17(20)27-15;/h2-5,12H,6-11H2,1H3;1H. The van der Waals surface area contributed by atoms with Crippen molar-refractivity contribution in [2.75, 3.05) is 50.5 Å². The Morgan fingerprint density at radius 1 is 1.28 bits per heavy atom. The van der Waals surface area contributed by atoms with Gasteiger partial charge in [-0.05, 0) is 52.5 Å². The molecule has 1 aromatic carbocycles. The summed E-state index contributed by atoms with van der Waals surface area (Å²) >= 11 is 8.21. The fourth-order valence-corrected chi connectivity index (χ4v) is 5.93. The Bertz CT molecular complexity index is 975. The van der Waals surface area contributed by atoms with Crippen molar-refractivity contribution in [3.8, 4) is 0 Å². The Labute approximate surface area is 197 Å². The van der Waals surface area contributed by atoms with Gasteiger partial charge in [-0.3, -0.25) is 14.6 Å². The zero-order valence-electron chi connectivity index (χ0n) is 15.8. The molecular weight excluding hydrogens is 514 g/mol. The number of nitrogens with zero attached hydrogens (tertiary/aromatic N) is 3. The van der Waals surface area contributed by atoms with Crippen molar-refractivity contribution in [2.45, 2.75) is 4.90 Å². The van der Waals surface area contributed by atoms with Gasteiger partial charge in [0, 0.05) is 31.1 Å². The number of thiophene rings is 1. The molecule has 1 fully saturated rings. The highest BCUT2D eigenvalue weighted by molar-refractivity contribution is 9.11. The van der Waals surface area contributed by atoms with Crippen LogP contribution in [0.2, 0.25) is 0 Å². The highest BCUT2D eigenvalue weighted by Crippen LogP contribution is 2.33. The second-order valence-electron chi connectivity index (χ2n) is 6.34. The molecule has 29 heavy (non-hydrogen) atoms. The van der Waals surface area contributed by atoms with Gasteiger partial charge in [0.15, 0.2) is 5.13 Å². The lowest BCUT2D eigenvalue weighted by Gasteiger charge is -2.29. The van der Waals surface area contributed by atoms with E-state index in [2.05, 4.69) is 39.2 Å². The summed E-state index contributed by atoms with van der Waals surface area (Å²) in [5.74, 6) is 0.00751. The number of thioether (sulfide) groups is 1. The van der Waals surface area contributed by atoms with E-state index >= 15 is 0 Å². The predicted octanol–water partition coefficient (Wildman–Crippen LogP) is 5.24. The number of benzene rings is 1. The maximum atomic E-state index is 13.3. The maximum Gasteiger partial charge on any atom is 0.270 e. The number of carbonyl (C=O) groups is 1. The van der Waals surface area contributed by atoms with E-state index < -0.39 is 0 Å². The number of rotatable bonds is 6. The van der Waals surface area contributed by atoms with Gasteiger partial charge < -0.3 is 4.74 Å². The molecule has 0 atom stereocenters. The Morgan fingerprint density at radius 3 is 2.76 bits per heavy atom. The van der Waals surface area contributed by atoms with Crippen molar-refractivity contribution in [1.29, 1.82) is 0 Å². The van der Waals surface area contributed by atoms with Crippen molar-refractivity contribution in [3.05, 3.63) is 39.0 Å². The van der Waals surface area contributed by atoms with Gasteiger partial charge in [-0.2, -0.15) is 0 Å². The summed E-state index contributed by atoms with van der Waals surface area (Å²) in [4.78, 5) is 24.1. The van der Waals surface area contributed by atoms with E-state index in [4.69, 9.17) is 9.72 Å². The fraction of sp³-hybridized carbons (Fsp3) is 0.368. The largest absolute Gasteiger partial charge is 0.379 e. The molecule has 1 aliphatic heterocycles. The van der Waals surface area contributed by atoms with Crippen molar-refractivity contribution < 1.29 is 9.53 Å². The van der Waals surface area contributed by atoms with Gasteiger partial charge in [0.1, 0.15) is 0 Å². The molecule has 4 rings (SSSR count). The number of thiazole rings is 1. The number of amides is 1. The molecule has 0 unspecified atom stereocenters. The summed E-state index contributed by atoms with van der Waals surface area (Å²) in [7, 11) is 0. The average molecular weight is 535 g/mol. The third kappa shape index (κ3) is 5.52. The number of carbonyl (C=O) groups excluding carboxylic acids is 1. The van der Waals surface area contributed by atoms with Gasteiger partial charge in [-0.15, -0.1) is 35.5 Å². The number of hydrogen-bond acceptors (Lipinski definition) is 7. The minimum atomic E-state index is 0.